The van der Waals surface area contributed by atoms with Gasteiger partial charge in [-0.2, -0.15) is 0 Å². The minimum Gasteiger partial charge on any atom is -0.519 e. The van der Waals surface area contributed by atoms with Crippen LogP contribution in [0.15, 0.2) is 0 Å². The molecular weight excluding hydrogens is 364 g/mol. The molecule has 0 amide bonds. The van der Waals surface area contributed by atoms with Crippen LogP contribution in [0.1, 0.15) is 124 Å². The highest BCUT2D eigenvalue weighted by atomic mass is 28.4. The first-order valence-electron chi connectivity index (χ1n) is 12.0. The molecule has 0 fully saturated rings. The van der Waals surface area contributed by atoms with Crippen LogP contribution in [0.3, 0.4) is 0 Å². The molecule has 0 heterocycles. The van der Waals surface area contributed by atoms with Gasteiger partial charge in [0, 0.05) is 6.42 Å². The van der Waals surface area contributed by atoms with E-state index in [4.69, 9.17) is 4.43 Å². The summed E-state index contributed by atoms with van der Waals surface area (Å²) < 4.78 is 5.81. The molecule has 0 aliphatic carbocycles. The Morgan fingerprint density at radius 1 is 0.821 bits per heavy atom. The number of aliphatic hydroxyl groups is 1. The van der Waals surface area contributed by atoms with Crippen molar-refractivity contribution in [3.8, 4) is 0 Å². The second kappa shape index (κ2) is 15.5. The molecule has 0 aromatic rings. The standard InChI is InChI=1S/C24H50O3Si/c1-7-8-9-16-19-22(25)20-17-14-12-10-11-13-15-18-21-23(26)27-28(5,6)24(2,3)4/h22,25H,7-21H2,1-6H3. The van der Waals surface area contributed by atoms with E-state index >= 15 is 0 Å². The van der Waals surface area contributed by atoms with E-state index in [1.165, 1.54) is 57.8 Å². The zero-order chi connectivity index (χ0) is 21.5. The van der Waals surface area contributed by atoms with Crippen LogP contribution in [0.5, 0.6) is 0 Å². The van der Waals surface area contributed by atoms with Gasteiger partial charge in [-0.3, -0.25) is 4.79 Å². The smallest absolute Gasteiger partial charge is 0.292 e. The first kappa shape index (κ1) is 27.6. The molecule has 3 nitrogen and oxygen atoms in total. The third-order valence-electron chi connectivity index (χ3n) is 6.23. The first-order valence-corrected chi connectivity index (χ1v) is 14.9. The Morgan fingerprint density at radius 3 is 1.71 bits per heavy atom. The summed E-state index contributed by atoms with van der Waals surface area (Å²) in [5, 5.41) is 10.1. The van der Waals surface area contributed by atoms with Crippen LogP contribution in [-0.4, -0.2) is 25.5 Å². The molecule has 0 aliphatic rings. The van der Waals surface area contributed by atoms with E-state index in [1.54, 1.807) is 0 Å². The molecule has 0 saturated carbocycles. The maximum Gasteiger partial charge on any atom is 0.292 e. The van der Waals surface area contributed by atoms with Crippen molar-refractivity contribution >= 4 is 14.3 Å². The summed E-state index contributed by atoms with van der Waals surface area (Å²) in [5.74, 6) is -0.000145. The van der Waals surface area contributed by atoms with E-state index in [1.807, 2.05) is 0 Å². The zero-order valence-corrected chi connectivity index (χ0v) is 20.9. The van der Waals surface area contributed by atoms with Crippen LogP contribution in [0.25, 0.3) is 0 Å². The highest BCUT2D eigenvalue weighted by Crippen LogP contribution is 2.36. The molecule has 168 valence electrons. The second-order valence-electron chi connectivity index (χ2n) is 10.1. The molecule has 0 saturated heterocycles. The lowest BCUT2D eigenvalue weighted by Crippen LogP contribution is -2.42. The van der Waals surface area contributed by atoms with Gasteiger partial charge >= 0.3 is 0 Å². The van der Waals surface area contributed by atoms with Crippen molar-refractivity contribution in [3.05, 3.63) is 0 Å². The zero-order valence-electron chi connectivity index (χ0n) is 19.9. The van der Waals surface area contributed by atoms with Crippen LogP contribution < -0.4 is 0 Å². The largest absolute Gasteiger partial charge is 0.519 e. The topological polar surface area (TPSA) is 46.5 Å². The average molecular weight is 415 g/mol. The van der Waals surface area contributed by atoms with E-state index in [-0.39, 0.29) is 17.1 Å². The van der Waals surface area contributed by atoms with Crippen molar-refractivity contribution in [3.63, 3.8) is 0 Å². The Morgan fingerprint density at radius 2 is 1.25 bits per heavy atom. The molecule has 0 radical (unpaired) electrons. The van der Waals surface area contributed by atoms with Gasteiger partial charge in [-0.25, -0.2) is 0 Å². The normalized spacial score (nSPS) is 13.5. The molecule has 0 spiro atoms. The number of hydrogen-bond donors (Lipinski definition) is 1. The number of rotatable bonds is 17. The maximum absolute atomic E-state index is 12.1. The molecule has 1 unspecified atom stereocenters. The van der Waals surface area contributed by atoms with Gasteiger partial charge in [-0.05, 0) is 37.4 Å². The fourth-order valence-corrected chi connectivity index (χ4v) is 4.13. The van der Waals surface area contributed by atoms with Crippen LogP contribution in [0.2, 0.25) is 18.1 Å². The Hall–Kier alpha value is -0.353. The number of aliphatic hydroxyl groups excluding tert-OH is 1. The molecule has 0 bridgehead atoms. The van der Waals surface area contributed by atoms with Gasteiger partial charge in [-0.1, -0.05) is 98.3 Å². The summed E-state index contributed by atoms with van der Waals surface area (Å²) in [6, 6.07) is 0. The molecule has 0 rings (SSSR count). The number of carbonyl (C=O) groups excluding carboxylic acids is 1. The van der Waals surface area contributed by atoms with Gasteiger partial charge in [0.1, 0.15) is 0 Å². The van der Waals surface area contributed by atoms with Crippen LogP contribution >= 0.6 is 0 Å². The van der Waals surface area contributed by atoms with Gasteiger partial charge in [0.15, 0.2) is 0 Å². The van der Waals surface area contributed by atoms with E-state index in [9.17, 15) is 9.90 Å². The third-order valence-corrected chi connectivity index (χ3v) is 10.6. The molecule has 1 N–H and O–H groups in total. The molecule has 28 heavy (non-hydrogen) atoms. The van der Waals surface area contributed by atoms with Gasteiger partial charge in [0.2, 0.25) is 0 Å². The minimum atomic E-state index is -1.95. The Kier molecular flexibility index (Phi) is 15.3. The van der Waals surface area contributed by atoms with Crippen LogP contribution in [0.4, 0.5) is 0 Å². The molecule has 0 aliphatic heterocycles. The van der Waals surface area contributed by atoms with E-state index < -0.39 is 8.32 Å². The minimum absolute atomic E-state index is 0.000145. The Bertz CT molecular complexity index is 388. The summed E-state index contributed by atoms with van der Waals surface area (Å²) in [6.45, 7) is 13.0. The lowest BCUT2D eigenvalue weighted by Gasteiger charge is -2.35. The highest BCUT2D eigenvalue weighted by Gasteiger charge is 2.40. The predicted octanol–water partition coefficient (Wildman–Crippen LogP) is 7.77. The van der Waals surface area contributed by atoms with Crippen molar-refractivity contribution in [2.24, 2.45) is 0 Å². The van der Waals surface area contributed by atoms with Crippen LogP contribution in [-0.2, 0) is 9.22 Å². The van der Waals surface area contributed by atoms with Crippen LogP contribution in [0, 0.1) is 0 Å². The molecule has 0 aromatic heterocycles. The lowest BCUT2D eigenvalue weighted by molar-refractivity contribution is -0.135. The fraction of sp³-hybridized carbons (Fsp3) is 0.958. The Balaban J connectivity index is 3.47. The van der Waals surface area contributed by atoms with Gasteiger partial charge in [-0.15, -0.1) is 0 Å². The highest BCUT2D eigenvalue weighted by molar-refractivity contribution is 6.75. The monoisotopic (exact) mass is 414 g/mol. The second-order valence-corrected chi connectivity index (χ2v) is 14.8. The first-order chi connectivity index (χ1) is 13.1. The van der Waals surface area contributed by atoms with E-state index in [0.29, 0.717) is 6.42 Å². The van der Waals surface area contributed by atoms with E-state index in [2.05, 4.69) is 40.8 Å². The fourth-order valence-electron chi connectivity index (χ4n) is 3.15. The summed E-state index contributed by atoms with van der Waals surface area (Å²) in [6.07, 6.45) is 17.0. The quantitative estimate of drug-likeness (QED) is 0.195. The van der Waals surface area contributed by atoms with Crippen molar-refractivity contribution in [2.75, 3.05) is 0 Å². The summed E-state index contributed by atoms with van der Waals surface area (Å²) in [4.78, 5) is 12.1. The van der Waals surface area contributed by atoms with Gasteiger partial charge in [0.25, 0.3) is 14.3 Å². The molecule has 0 aromatic carbocycles. The number of unbranched alkanes of at least 4 members (excludes halogenated alkanes) is 10. The van der Waals surface area contributed by atoms with Gasteiger partial charge in [0.05, 0.1) is 6.10 Å². The molecule has 4 heteroatoms. The number of carbonyl (C=O) groups is 1. The average Bonchev–Trinajstić information content (AvgIpc) is 2.59. The SMILES string of the molecule is CCCCCCC(O)CCCCCCCCCCC(=O)O[Si](C)(C)C(C)(C)C. The summed E-state index contributed by atoms with van der Waals surface area (Å²) in [7, 11) is -1.95. The lowest BCUT2D eigenvalue weighted by atomic mass is 10.0. The Labute approximate surface area is 177 Å². The third kappa shape index (κ3) is 14.6. The van der Waals surface area contributed by atoms with E-state index in [0.717, 1.165) is 32.1 Å². The summed E-state index contributed by atoms with van der Waals surface area (Å²) >= 11 is 0. The summed E-state index contributed by atoms with van der Waals surface area (Å²) in [5.41, 5.74) is 0. The van der Waals surface area contributed by atoms with Crippen molar-refractivity contribution in [1.29, 1.82) is 0 Å². The van der Waals surface area contributed by atoms with Crippen molar-refractivity contribution in [1.82, 2.24) is 0 Å². The van der Waals surface area contributed by atoms with Crippen molar-refractivity contribution < 1.29 is 14.3 Å². The van der Waals surface area contributed by atoms with Crippen molar-refractivity contribution in [2.45, 2.75) is 148 Å². The molecular formula is C24H50O3Si. The van der Waals surface area contributed by atoms with Gasteiger partial charge < -0.3 is 9.53 Å². The predicted molar refractivity (Wildman–Crippen MR) is 124 cm³/mol. The number of hydrogen-bond acceptors (Lipinski definition) is 3. The molecule has 1 atom stereocenters. The maximum atomic E-state index is 12.1.